The second-order valence-electron chi connectivity index (χ2n) is 4.45. The van der Waals surface area contributed by atoms with E-state index in [9.17, 15) is 0 Å². The molecule has 18 heavy (non-hydrogen) atoms. The average molecular weight is 247 g/mol. The Labute approximate surface area is 106 Å². The molecule has 0 bridgehead atoms. The van der Waals surface area contributed by atoms with Gasteiger partial charge in [-0.05, 0) is 18.4 Å². The van der Waals surface area contributed by atoms with Gasteiger partial charge in [0, 0.05) is 12.4 Å². The smallest absolute Gasteiger partial charge is 0.244 e. The Bertz CT molecular complexity index is 507. The Balaban J connectivity index is 2.22. The molecular weight excluding hydrogens is 230 g/mol. The maximum atomic E-state index is 6.03. The van der Waals surface area contributed by atoms with E-state index in [4.69, 9.17) is 10.3 Å². The molecule has 0 aliphatic carbocycles. The summed E-state index contributed by atoms with van der Waals surface area (Å²) in [6.45, 7) is 6.05. The highest BCUT2D eigenvalue weighted by atomic mass is 16.5. The first-order chi connectivity index (χ1) is 8.61. The minimum absolute atomic E-state index is 0.248. The summed E-state index contributed by atoms with van der Waals surface area (Å²) in [4.78, 5) is 12.5. The van der Waals surface area contributed by atoms with Crippen LogP contribution in [0, 0.1) is 12.8 Å². The zero-order chi connectivity index (χ0) is 13.1. The molecule has 0 amide bonds. The summed E-state index contributed by atoms with van der Waals surface area (Å²) in [6, 6.07) is -0.248. The first kappa shape index (κ1) is 12.6. The number of nitrogens with zero attached hydrogens (tertiary/aromatic N) is 4. The molecule has 2 aromatic heterocycles. The van der Waals surface area contributed by atoms with Gasteiger partial charge in [0.1, 0.15) is 0 Å². The van der Waals surface area contributed by atoms with Crippen molar-refractivity contribution in [2.75, 3.05) is 0 Å². The Hall–Kier alpha value is -1.82. The highest BCUT2D eigenvalue weighted by Crippen LogP contribution is 2.21. The molecule has 2 N–H and O–H groups in total. The van der Waals surface area contributed by atoms with Crippen LogP contribution in [0.1, 0.15) is 37.8 Å². The number of hydrogen-bond acceptors (Lipinski definition) is 6. The van der Waals surface area contributed by atoms with Gasteiger partial charge in [0.25, 0.3) is 0 Å². The van der Waals surface area contributed by atoms with Crippen LogP contribution in [0.3, 0.4) is 0 Å². The lowest BCUT2D eigenvalue weighted by Crippen LogP contribution is -2.18. The summed E-state index contributed by atoms with van der Waals surface area (Å²) in [5, 5.41) is 3.86. The standard InChI is InChI=1S/C12H17N5O/c1-4-8(3)9(13)12-16-11(17-18-12)10-14-5-7(2)6-15-10/h5-6,8-9H,4,13H2,1-3H3/t8?,9-/m0/s1. The SMILES string of the molecule is CCC(C)[C@H](N)c1nc(-c2ncc(C)cn2)no1. The highest BCUT2D eigenvalue weighted by Gasteiger charge is 2.21. The van der Waals surface area contributed by atoms with Crippen molar-refractivity contribution in [3.63, 3.8) is 0 Å². The minimum atomic E-state index is -0.248. The van der Waals surface area contributed by atoms with Crippen molar-refractivity contribution in [1.82, 2.24) is 20.1 Å². The van der Waals surface area contributed by atoms with Crippen LogP contribution in [0.15, 0.2) is 16.9 Å². The van der Waals surface area contributed by atoms with Gasteiger partial charge in [0.2, 0.25) is 17.5 Å². The average Bonchev–Trinajstić information content (AvgIpc) is 2.87. The van der Waals surface area contributed by atoms with E-state index in [1.807, 2.05) is 6.92 Å². The summed E-state index contributed by atoms with van der Waals surface area (Å²) < 4.78 is 5.17. The topological polar surface area (TPSA) is 90.7 Å². The van der Waals surface area contributed by atoms with Crippen LogP contribution in [0.2, 0.25) is 0 Å². The zero-order valence-electron chi connectivity index (χ0n) is 10.8. The molecule has 2 aromatic rings. The van der Waals surface area contributed by atoms with E-state index in [-0.39, 0.29) is 12.0 Å². The fraction of sp³-hybridized carbons (Fsp3) is 0.500. The van der Waals surface area contributed by atoms with E-state index in [0.717, 1.165) is 12.0 Å². The normalized spacial score (nSPS) is 14.4. The molecule has 0 aliphatic heterocycles. The van der Waals surface area contributed by atoms with E-state index in [1.165, 1.54) is 0 Å². The Kier molecular flexibility index (Phi) is 3.66. The molecule has 2 rings (SSSR count). The van der Waals surface area contributed by atoms with Gasteiger partial charge in [0.15, 0.2) is 0 Å². The largest absolute Gasteiger partial charge is 0.337 e. The fourth-order valence-corrected chi connectivity index (χ4v) is 1.47. The lowest BCUT2D eigenvalue weighted by atomic mass is 10.0. The van der Waals surface area contributed by atoms with Crippen molar-refractivity contribution >= 4 is 0 Å². The molecule has 0 saturated heterocycles. The van der Waals surface area contributed by atoms with Gasteiger partial charge in [-0.15, -0.1) is 0 Å². The molecule has 0 aromatic carbocycles. The first-order valence-electron chi connectivity index (χ1n) is 6.00. The van der Waals surface area contributed by atoms with Crippen molar-refractivity contribution in [3.8, 4) is 11.6 Å². The Morgan fingerprint density at radius 3 is 2.56 bits per heavy atom. The molecular formula is C12H17N5O. The molecule has 6 nitrogen and oxygen atoms in total. The summed E-state index contributed by atoms with van der Waals surface area (Å²) in [5.74, 6) is 1.55. The highest BCUT2D eigenvalue weighted by molar-refractivity contribution is 5.41. The van der Waals surface area contributed by atoms with Crippen LogP contribution in [0.25, 0.3) is 11.6 Å². The van der Waals surface area contributed by atoms with E-state index in [1.54, 1.807) is 12.4 Å². The van der Waals surface area contributed by atoms with Gasteiger partial charge in [-0.2, -0.15) is 4.98 Å². The molecule has 0 aliphatic rings. The van der Waals surface area contributed by atoms with Crippen LogP contribution >= 0.6 is 0 Å². The summed E-state index contributed by atoms with van der Waals surface area (Å²) in [7, 11) is 0. The van der Waals surface area contributed by atoms with Crippen LogP contribution < -0.4 is 5.73 Å². The van der Waals surface area contributed by atoms with Crippen LogP contribution in [-0.4, -0.2) is 20.1 Å². The zero-order valence-corrected chi connectivity index (χ0v) is 10.8. The molecule has 96 valence electrons. The van der Waals surface area contributed by atoms with E-state index >= 15 is 0 Å². The van der Waals surface area contributed by atoms with Crippen LogP contribution in [0.4, 0.5) is 0 Å². The molecule has 2 atom stereocenters. The summed E-state index contributed by atoms with van der Waals surface area (Å²) >= 11 is 0. The van der Waals surface area contributed by atoms with E-state index < -0.39 is 0 Å². The van der Waals surface area contributed by atoms with Crippen molar-refractivity contribution in [3.05, 3.63) is 23.8 Å². The third-order valence-corrected chi connectivity index (χ3v) is 2.96. The molecule has 0 saturated carbocycles. The quantitative estimate of drug-likeness (QED) is 0.887. The maximum Gasteiger partial charge on any atom is 0.244 e. The van der Waals surface area contributed by atoms with Gasteiger partial charge < -0.3 is 10.3 Å². The molecule has 6 heteroatoms. The van der Waals surface area contributed by atoms with Gasteiger partial charge in [0.05, 0.1) is 6.04 Å². The Morgan fingerprint density at radius 1 is 1.28 bits per heavy atom. The van der Waals surface area contributed by atoms with Crippen molar-refractivity contribution in [1.29, 1.82) is 0 Å². The number of nitrogens with two attached hydrogens (primary N) is 1. The molecule has 2 heterocycles. The molecule has 0 spiro atoms. The Morgan fingerprint density at radius 2 is 1.94 bits per heavy atom. The number of aromatic nitrogens is 4. The maximum absolute atomic E-state index is 6.03. The molecule has 0 fully saturated rings. The number of aryl methyl sites for hydroxylation is 1. The predicted octanol–water partition coefficient (Wildman–Crippen LogP) is 1.88. The van der Waals surface area contributed by atoms with Crippen molar-refractivity contribution in [2.24, 2.45) is 11.7 Å². The van der Waals surface area contributed by atoms with Crippen LogP contribution in [-0.2, 0) is 0 Å². The predicted molar refractivity (Wildman–Crippen MR) is 66.4 cm³/mol. The molecule has 0 radical (unpaired) electrons. The summed E-state index contributed by atoms with van der Waals surface area (Å²) in [5.41, 5.74) is 7.01. The lowest BCUT2D eigenvalue weighted by Gasteiger charge is -2.12. The second-order valence-corrected chi connectivity index (χ2v) is 4.45. The third kappa shape index (κ3) is 2.53. The van der Waals surface area contributed by atoms with Gasteiger partial charge in [-0.3, -0.25) is 0 Å². The van der Waals surface area contributed by atoms with E-state index in [0.29, 0.717) is 17.5 Å². The van der Waals surface area contributed by atoms with Gasteiger partial charge >= 0.3 is 0 Å². The third-order valence-electron chi connectivity index (χ3n) is 2.96. The fourth-order valence-electron chi connectivity index (χ4n) is 1.47. The number of rotatable bonds is 4. The van der Waals surface area contributed by atoms with Crippen molar-refractivity contribution < 1.29 is 4.52 Å². The van der Waals surface area contributed by atoms with E-state index in [2.05, 4.69) is 34.0 Å². The minimum Gasteiger partial charge on any atom is -0.337 e. The lowest BCUT2D eigenvalue weighted by molar-refractivity contribution is 0.312. The number of hydrogen-bond donors (Lipinski definition) is 1. The second kappa shape index (κ2) is 5.22. The van der Waals surface area contributed by atoms with Crippen LogP contribution in [0.5, 0.6) is 0 Å². The van der Waals surface area contributed by atoms with Crippen molar-refractivity contribution in [2.45, 2.75) is 33.2 Å². The molecule has 1 unspecified atom stereocenters. The summed E-state index contributed by atoms with van der Waals surface area (Å²) in [6.07, 6.45) is 4.39. The van der Waals surface area contributed by atoms with Gasteiger partial charge in [-0.1, -0.05) is 25.4 Å². The first-order valence-corrected chi connectivity index (χ1v) is 6.00. The van der Waals surface area contributed by atoms with Gasteiger partial charge in [-0.25, -0.2) is 9.97 Å². The monoisotopic (exact) mass is 247 g/mol.